The summed E-state index contributed by atoms with van der Waals surface area (Å²) < 4.78 is 15.1. The van der Waals surface area contributed by atoms with E-state index in [9.17, 15) is 9.90 Å². The van der Waals surface area contributed by atoms with E-state index in [1.165, 1.54) is 30.6 Å². The van der Waals surface area contributed by atoms with Gasteiger partial charge < -0.3 is 15.7 Å². The van der Waals surface area contributed by atoms with E-state index in [0.717, 1.165) is 25.7 Å². The molecule has 0 saturated heterocycles. The third kappa shape index (κ3) is 6.13. The Morgan fingerprint density at radius 2 is 1.62 bits per heavy atom. The molecular formula is C22H29Cl2FN2O2. The van der Waals surface area contributed by atoms with Crippen LogP contribution in [0.1, 0.15) is 63.9 Å². The molecule has 0 fully saturated rings. The summed E-state index contributed by atoms with van der Waals surface area (Å²) in [7, 11) is 0. The summed E-state index contributed by atoms with van der Waals surface area (Å²) in [6, 6.07) is 5.38. The molecule has 3 N–H and O–H groups in total. The zero-order valence-electron chi connectivity index (χ0n) is 16.8. The zero-order valence-corrected chi connectivity index (χ0v) is 18.3. The van der Waals surface area contributed by atoms with Crippen LogP contribution in [0, 0.1) is 0 Å². The predicted octanol–water partition coefficient (Wildman–Crippen LogP) is 6.30. The van der Waals surface area contributed by atoms with E-state index in [0.29, 0.717) is 17.1 Å². The Kier molecular flexibility index (Phi) is 9.31. The number of halogens is 3. The molecule has 4 nitrogen and oxygen atoms in total. The number of nitrogens with two attached hydrogens (primary N) is 1. The summed E-state index contributed by atoms with van der Waals surface area (Å²) in [6.07, 6.45) is 8.85. The van der Waals surface area contributed by atoms with Crippen molar-refractivity contribution in [3.63, 3.8) is 0 Å². The Bertz CT molecular complexity index is 763. The van der Waals surface area contributed by atoms with Crippen molar-refractivity contribution in [3.05, 3.63) is 51.4 Å². The van der Waals surface area contributed by atoms with E-state index in [1.807, 2.05) is 0 Å². The van der Waals surface area contributed by atoms with E-state index in [2.05, 4.69) is 6.92 Å². The zero-order chi connectivity index (χ0) is 21.4. The van der Waals surface area contributed by atoms with Crippen molar-refractivity contribution in [2.45, 2.75) is 64.3 Å². The lowest BCUT2D eigenvalue weighted by atomic mass is 10.00. The van der Waals surface area contributed by atoms with Gasteiger partial charge in [0, 0.05) is 17.1 Å². The van der Waals surface area contributed by atoms with Crippen LogP contribution in [-0.2, 0) is 4.79 Å². The predicted molar refractivity (Wildman–Crippen MR) is 117 cm³/mol. The lowest BCUT2D eigenvalue weighted by Crippen LogP contribution is -2.44. The molecule has 1 heterocycles. The first-order valence-corrected chi connectivity index (χ1v) is 10.9. The molecule has 1 aromatic rings. The summed E-state index contributed by atoms with van der Waals surface area (Å²) >= 11 is 12.1. The first-order chi connectivity index (χ1) is 13.9. The molecule has 160 valence electrons. The van der Waals surface area contributed by atoms with Gasteiger partial charge in [0.1, 0.15) is 0 Å². The Balaban J connectivity index is 2.16. The molecule has 1 aromatic carbocycles. The summed E-state index contributed by atoms with van der Waals surface area (Å²) in [5, 5.41) is 10.1. The van der Waals surface area contributed by atoms with E-state index in [4.69, 9.17) is 28.9 Å². The molecule has 0 amide bonds. The highest BCUT2D eigenvalue weighted by molar-refractivity contribution is 6.33. The fraction of sp³-hybridized carbons (Fsp3) is 0.500. The molecule has 1 atom stereocenters. The van der Waals surface area contributed by atoms with Gasteiger partial charge in [0.2, 0.25) is 0 Å². The van der Waals surface area contributed by atoms with Crippen LogP contribution in [0.5, 0.6) is 0 Å². The second kappa shape index (κ2) is 11.5. The van der Waals surface area contributed by atoms with Gasteiger partial charge in [-0.25, -0.2) is 9.18 Å². The van der Waals surface area contributed by atoms with Crippen molar-refractivity contribution in [1.82, 2.24) is 4.90 Å². The van der Waals surface area contributed by atoms with E-state index >= 15 is 4.39 Å². The minimum absolute atomic E-state index is 0.152. The normalized spacial score (nSPS) is 17.2. The third-order valence-corrected chi connectivity index (χ3v) is 5.81. The maximum Gasteiger partial charge on any atom is 0.332 e. The number of unbranched alkanes of at least 4 members (excludes halogenated alkanes) is 7. The summed E-state index contributed by atoms with van der Waals surface area (Å²) in [5.74, 6) is -1.86. The van der Waals surface area contributed by atoms with Gasteiger partial charge >= 0.3 is 5.97 Å². The highest BCUT2D eigenvalue weighted by atomic mass is 35.5. The summed E-state index contributed by atoms with van der Waals surface area (Å²) in [6.45, 7) is 2.57. The molecule has 7 heteroatoms. The maximum atomic E-state index is 15.1. The average Bonchev–Trinajstić information content (AvgIpc) is 2.69. The van der Waals surface area contributed by atoms with Crippen molar-refractivity contribution in [1.29, 1.82) is 0 Å². The second-order valence-electron chi connectivity index (χ2n) is 7.34. The SMILES string of the molecule is CCCCCCCCCCN1C(c2ccc(Cl)cc2)=C(F)C(N)=C(Cl)C1C(=O)O. The molecule has 29 heavy (non-hydrogen) atoms. The molecule has 1 aliphatic rings. The number of carbonyl (C=O) groups is 1. The average molecular weight is 443 g/mol. The largest absolute Gasteiger partial charge is 0.479 e. The number of nitrogens with zero attached hydrogens (tertiary/aromatic N) is 1. The van der Waals surface area contributed by atoms with Gasteiger partial charge in [-0.1, -0.05) is 87.2 Å². The molecule has 1 unspecified atom stereocenters. The first-order valence-electron chi connectivity index (χ1n) is 10.2. The van der Waals surface area contributed by atoms with Crippen LogP contribution in [0.2, 0.25) is 5.02 Å². The lowest BCUT2D eigenvalue weighted by Gasteiger charge is -2.37. The maximum absolute atomic E-state index is 15.1. The van der Waals surface area contributed by atoms with E-state index in [1.54, 1.807) is 24.3 Å². The van der Waals surface area contributed by atoms with Crippen molar-refractivity contribution >= 4 is 34.9 Å². The molecule has 0 radical (unpaired) electrons. The van der Waals surface area contributed by atoms with Crippen LogP contribution in [-0.4, -0.2) is 28.6 Å². The number of carboxylic acids is 1. The highest BCUT2D eigenvalue weighted by Crippen LogP contribution is 2.38. The van der Waals surface area contributed by atoms with Crippen LogP contribution in [0.3, 0.4) is 0 Å². The fourth-order valence-electron chi connectivity index (χ4n) is 3.57. The minimum atomic E-state index is -1.20. The van der Waals surface area contributed by atoms with Crippen LogP contribution >= 0.6 is 23.2 Å². The van der Waals surface area contributed by atoms with Gasteiger partial charge in [0.25, 0.3) is 0 Å². The number of benzene rings is 1. The van der Waals surface area contributed by atoms with Gasteiger partial charge in [0.05, 0.1) is 16.4 Å². The number of carboxylic acid groups (broad SMARTS) is 1. The first kappa shape index (κ1) is 23.6. The lowest BCUT2D eigenvalue weighted by molar-refractivity contribution is -0.140. The third-order valence-electron chi connectivity index (χ3n) is 5.14. The Hall–Kier alpha value is -1.72. The molecule has 0 saturated carbocycles. The summed E-state index contributed by atoms with van der Waals surface area (Å²) in [5.41, 5.74) is 6.15. The molecule has 0 aliphatic carbocycles. The standard InChI is InChI=1S/C22H29Cl2FN2O2/c1-2-3-4-5-6-7-8-9-14-27-20(15-10-12-16(23)13-11-15)18(25)19(26)17(24)21(27)22(28)29/h10-13,21H,2-9,14,26H2,1H3,(H,28,29). The Labute approximate surface area is 182 Å². The quantitative estimate of drug-likeness (QED) is 0.394. The van der Waals surface area contributed by atoms with E-state index in [-0.39, 0.29) is 16.4 Å². The van der Waals surface area contributed by atoms with Crippen molar-refractivity contribution in [2.24, 2.45) is 5.73 Å². The number of hydrogen-bond acceptors (Lipinski definition) is 3. The Morgan fingerprint density at radius 3 is 2.17 bits per heavy atom. The van der Waals surface area contributed by atoms with Crippen LogP contribution in [0.15, 0.2) is 40.8 Å². The molecule has 0 spiro atoms. The number of allylic oxidation sites excluding steroid dienone is 1. The smallest absolute Gasteiger partial charge is 0.332 e. The highest BCUT2D eigenvalue weighted by Gasteiger charge is 2.38. The molecule has 2 rings (SSSR count). The van der Waals surface area contributed by atoms with Crippen molar-refractivity contribution < 1.29 is 14.3 Å². The molecule has 0 aromatic heterocycles. The topological polar surface area (TPSA) is 66.6 Å². The molecule has 1 aliphatic heterocycles. The fourth-order valence-corrected chi connectivity index (χ4v) is 3.99. The number of rotatable bonds is 11. The summed E-state index contributed by atoms with van der Waals surface area (Å²) in [4.78, 5) is 13.4. The number of aliphatic carboxylic acids is 1. The number of hydrogen-bond donors (Lipinski definition) is 2. The van der Waals surface area contributed by atoms with Gasteiger partial charge in [0.15, 0.2) is 11.9 Å². The van der Waals surface area contributed by atoms with Gasteiger partial charge in [-0.2, -0.15) is 0 Å². The monoisotopic (exact) mass is 442 g/mol. The van der Waals surface area contributed by atoms with Crippen LogP contribution in [0.4, 0.5) is 4.39 Å². The van der Waals surface area contributed by atoms with Crippen molar-refractivity contribution in [3.8, 4) is 0 Å². The second-order valence-corrected chi connectivity index (χ2v) is 8.18. The van der Waals surface area contributed by atoms with Gasteiger partial charge in [-0.15, -0.1) is 0 Å². The van der Waals surface area contributed by atoms with Gasteiger partial charge in [-0.3, -0.25) is 0 Å². The Morgan fingerprint density at radius 1 is 1.07 bits per heavy atom. The minimum Gasteiger partial charge on any atom is -0.479 e. The molecule has 0 bridgehead atoms. The van der Waals surface area contributed by atoms with Crippen LogP contribution < -0.4 is 5.73 Å². The van der Waals surface area contributed by atoms with Crippen LogP contribution in [0.25, 0.3) is 5.70 Å². The molecular weight excluding hydrogens is 414 g/mol. The van der Waals surface area contributed by atoms with Crippen molar-refractivity contribution in [2.75, 3.05) is 6.54 Å². The van der Waals surface area contributed by atoms with E-state index < -0.39 is 17.8 Å². The van der Waals surface area contributed by atoms with Gasteiger partial charge in [-0.05, 0) is 18.6 Å².